The van der Waals surface area contributed by atoms with Crippen molar-refractivity contribution in [3.63, 3.8) is 0 Å². The highest BCUT2D eigenvalue weighted by Crippen LogP contribution is 2.32. The Balaban J connectivity index is 2.89. The van der Waals surface area contributed by atoms with E-state index in [-0.39, 0.29) is 11.7 Å². The molecular weight excluding hydrogens is 257 g/mol. The summed E-state index contributed by atoms with van der Waals surface area (Å²) in [6.45, 7) is 8.18. The maximum absolute atomic E-state index is 12.8. The van der Waals surface area contributed by atoms with Crippen LogP contribution in [0.4, 0.5) is 13.2 Å². The first-order chi connectivity index (χ1) is 8.81. The molecule has 0 saturated carbocycles. The van der Waals surface area contributed by atoms with E-state index in [2.05, 4.69) is 5.10 Å². The molecule has 1 atom stereocenters. The molecule has 6 heteroatoms. The standard InChI is InChI=1S/C13H21F3N2O/c1-5-11-10(4)12(13(14,15)16)17-18(11)8-7-9(3)19-6-2/h9H,5-8H2,1-4H3. The lowest BCUT2D eigenvalue weighted by atomic mass is 10.1. The third kappa shape index (κ3) is 3.96. The van der Waals surface area contributed by atoms with Gasteiger partial charge in [-0.1, -0.05) is 6.92 Å². The first-order valence-electron chi connectivity index (χ1n) is 6.56. The zero-order valence-electron chi connectivity index (χ0n) is 11.8. The Labute approximate surface area is 111 Å². The van der Waals surface area contributed by atoms with Crippen molar-refractivity contribution in [2.45, 2.75) is 59.4 Å². The van der Waals surface area contributed by atoms with E-state index < -0.39 is 11.9 Å². The minimum absolute atomic E-state index is 0.0218. The molecule has 0 fully saturated rings. The first kappa shape index (κ1) is 16.0. The van der Waals surface area contributed by atoms with Crippen molar-refractivity contribution in [1.82, 2.24) is 9.78 Å². The molecular formula is C13H21F3N2O. The average molecular weight is 278 g/mol. The second-order valence-corrected chi connectivity index (χ2v) is 4.55. The smallest absolute Gasteiger partial charge is 0.379 e. The summed E-state index contributed by atoms with van der Waals surface area (Å²) in [6.07, 6.45) is -3.17. The van der Waals surface area contributed by atoms with Gasteiger partial charge in [-0.05, 0) is 33.6 Å². The van der Waals surface area contributed by atoms with Crippen LogP contribution in [0.3, 0.4) is 0 Å². The quantitative estimate of drug-likeness (QED) is 0.795. The third-order valence-electron chi connectivity index (χ3n) is 3.12. The molecule has 1 rings (SSSR count). The zero-order chi connectivity index (χ0) is 14.6. The highest BCUT2D eigenvalue weighted by Gasteiger charge is 2.37. The molecule has 1 heterocycles. The predicted molar refractivity (Wildman–Crippen MR) is 67.0 cm³/mol. The van der Waals surface area contributed by atoms with Crippen LogP contribution in [-0.4, -0.2) is 22.5 Å². The lowest BCUT2D eigenvalue weighted by molar-refractivity contribution is -0.141. The van der Waals surface area contributed by atoms with Crippen molar-refractivity contribution < 1.29 is 17.9 Å². The van der Waals surface area contributed by atoms with Gasteiger partial charge in [-0.2, -0.15) is 18.3 Å². The fourth-order valence-corrected chi connectivity index (χ4v) is 2.16. The third-order valence-corrected chi connectivity index (χ3v) is 3.12. The SMILES string of the molecule is CCOC(C)CCn1nc(C(F)(F)F)c(C)c1CC. The van der Waals surface area contributed by atoms with E-state index in [0.29, 0.717) is 31.7 Å². The summed E-state index contributed by atoms with van der Waals surface area (Å²) >= 11 is 0. The van der Waals surface area contributed by atoms with Gasteiger partial charge in [0.25, 0.3) is 0 Å². The molecule has 1 unspecified atom stereocenters. The van der Waals surface area contributed by atoms with Crippen LogP contribution in [0.25, 0.3) is 0 Å². The molecule has 19 heavy (non-hydrogen) atoms. The number of alkyl halides is 3. The van der Waals surface area contributed by atoms with Gasteiger partial charge >= 0.3 is 6.18 Å². The van der Waals surface area contributed by atoms with Crippen molar-refractivity contribution in [3.05, 3.63) is 17.0 Å². The Kier molecular flexibility index (Phi) is 5.40. The van der Waals surface area contributed by atoms with Crippen LogP contribution in [0.1, 0.15) is 44.1 Å². The maximum atomic E-state index is 12.8. The molecule has 0 aromatic carbocycles. The van der Waals surface area contributed by atoms with Gasteiger partial charge in [-0.25, -0.2) is 0 Å². The Bertz CT molecular complexity index is 413. The number of hydrogen-bond acceptors (Lipinski definition) is 2. The van der Waals surface area contributed by atoms with E-state index in [0.717, 1.165) is 0 Å². The van der Waals surface area contributed by atoms with E-state index in [1.165, 1.54) is 11.6 Å². The van der Waals surface area contributed by atoms with Crippen LogP contribution in [0.2, 0.25) is 0 Å². The second kappa shape index (κ2) is 6.41. The summed E-state index contributed by atoms with van der Waals surface area (Å²) in [7, 11) is 0. The van der Waals surface area contributed by atoms with Gasteiger partial charge in [0.15, 0.2) is 5.69 Å². The Hall–Kier alpha value is -1.04. The molecule has 0 bridgehead atoms. The lowest BCUT2D eigenvalue weighted by Crippen LogP contribution is -2.14. The summed E-state index contributed by atoms with van der Waals surface area (Å²) in [5.41, 5.74) is 0.114. The van der Waals surface area contributed by atoms with Crippen LogP contribution in [0, 0.1) is 6.92 Å². The molecule has 0 aliphatic carbocycles. The molecule has 1 aromatic rings. The Morgan fingerprint density at radius 1 is 1.32 bits per heavy atom. The van der Waals surface area contributed by atoms with E-state index in [1.54, 1.807) is 0 Å². The minimum Gasteiger partial charge on any atom is -0.379 e. The number of hydrogen-bond donors (Lipinski definition) is 0. The normalized spacial score (nSPS) is 13.8. The largest absolute Gasteiger partial charge is 0.435 e. The van der Waals surface area contributed by atoms with E-state index in [1.807, 2.05) is 20.8 Å². The van der Waals surface area contributed by atoms with E-state index in [4.69, 9.17) is 4.74 Å². The van der Waals surface area contributed by atoms with Crippen LogP contribution < -0.4 is 0 Å². The van der Waals surface area contributed by atoms with Crippen molar-refractivity contribution in [2.75, 3.05) is 6.61 Å². The molecule has 1 aromatic heterocycles. The highest BCUT2D eigenvalue weighted by atomic mass is 19.4. The molecule has 0 amide bonds. The number of aryl methyl sites for hydroxylation is 1. The molecule has 0 aliphatic heterocycles. The Morgan fingerprint density at radius 2 is 1.95 bits per heavy atom. The summed E-state index contributed by atoms with van der Waals surface area (Å²) in [4.78, 5) is 0. The fraction of sp³-hybridized carbons (Fsp3) is 0.769. The molecule has 0 N–H and O–H groups in total. The Morgan fingerprint density at radius 3 is 2.42 bits per heavy atom. The van der Waals surface area contributed by atoms with Crippen molar-refractivity contribution in [3.8, 4) is 0 Å². The minimum atomic E-state index is -4.38. The molecule has 3 nitrogen and oxygen atoms in total. The number of ether oxygens (including phenoxy) is 1. The van der Waals surface area contributed by atoms with Gasteiger partial charge < -0.3 is 4.74 Å². The topological polar surface area (TPSA) is 27.1 Å². The van der Waals surface area contributed by atoms with E-state index in [9.17, 15) is 13.2 Å². The van der Waals surface area contributed by atoms with Crippen LogP contribution >= 0.6 is 0 Å². The average Bonchev–Trinajstić information content (AvgIpc) is 2.63. The van der Waals surface area contributed by atoms with Gasteiger partial charge in [-0.15, -0.1) is 0 Å². The zero-order valence-corrected chi connectivity index (χ0v) is 11.8. The predicted octanol–water partition coefficient (Wildman–Crippen LogP) is 3.59. The number of nitrogens with zero attached hydrogens (tertiary/aromatic N) is 2. The monoisotopic (exact) mass is 278 g/mol. The summed E-state index contributed by atoms with van der Waals surface area (Å²) < 4.78 is 45.2. The van der Waals surface area contributed by atoms with E-state index >= 15 is 0 Å². The number of rotatable bonds is 6. The highest BCUT2D eigenvalue weighted by molar-refractivity contribution is 5.27. The van der Waals surface area contributed by atoms with Crippen LogP contribution in [0.5, 0.6) is 0 Å². The summed E-state index contributed by atoms with van der Waals surface area (Å²) in [6, 6.07) is 0. The van der Waals surface area contributed by atoms with Gasteiger partial charge in [0, 0.05) is 24.4 Å². The first-order valence-corrected chi connectivity index (χ1v) is 6.56. The van der Waals surface area contributed by atoms with Crippen molar-refractivity contribution >= 4 is 0 Å². The van der Waals surface area contributed by atoms with Crippen molar-refractivity contribution in [1.29, 1.82) is 0 Å². The van der Waals surface area contributed by atoms with Crippen LogP contribution in [-0.2, 0) is 23.9 Å². The summed E-state index contributed by atoms with van der Waals surface area (Å²) in [5.74, 6) is 0. The molecule has 0 saturated heterocycles. The summed E-state index contributed by atoms with van der Waals surface area (Å²) in [5, 5.41) is 3.72. The number of halogens is 3. The van der Waals surface area contributed by atoms with Crippen LogP contribution in [0.15, 0.2) is 0 Å². The fourth-order valence-electron chi connectivity index (χ4n) is 2.16. The maximum Gasteiger partial charge on any atom is 0.435 e. The van der Waals surface area contributed by atoms with Gasteiger partial charge in [0.1, 0.15) is 0 Å². The van der Waals surface area contributed by atoms with Gasteiger partial charge in [-0.3, -0.25) is 4.68 Å². The molecule has 0 spiro atoms. The number of aromatic nitrogens is 2. The molecule has 0 aliphatic rings. The molecule has 110 valence electrons. The second-order valence-electron chi connectivity index (χ2n) is 4.55. The lowest BCUT2D eigenvalue weighted by Gasteiger charge is -2.12. The molecule has 0 radical (unpaired) electrons. The van der Waals surface area contributed by atoms with Gasteiger partial charge in [0.2, 0.25) is 0 Å². The van der Waals surface area contributed by atoms with Crippen molar-refractivity contribution in [2.24, 2.45) is 0 Å². The van der Waals surface area contributed by atoms with Gasteiger partial charge in [0.05, 0.1) is 6.10 Å².